The normalized spacial score (nSPS) is 23.2. The van der Waals surface area contributed by atoms with Crippen LogP contribution in [0.15, 0.2) is 35.9 Å². The topological polar surface area (TPSA) is 106 Å². The Hall–Kier alpha value is -3.14. The van der Waals surface area contributed by atoms with E-state index in [0.29, 0.717) is 29.7 Å². The molecule has 1 saturated carbocycles. The van der Waals surface area contributed by atoms with Gasteiger partial charge in [0.1, 0.15) is 12.9 Å². The Labute approximate surface area is 193 Å². The van der Waals surface area contributed by atoms with Crippen molar-refractivity contribution in [2.24, 2.45) is 5.41 Å². The van der Waals surface area contributed by atoms with Gasteiger partial charge >= 0.3 is 5.97 Å². The van der Waals surface area contributed by atoms with E-state index >= 15 is 0 Å². The number of carbonyl (C=O) groups excluding carboxylic acids is 2. The average molecular weight is 454 g/mol. The Bertz CT molecular complexity index is 996. The van der Waals surface area contributed by atoms with Gasteiger partial charge in [-0.2, -0.15) is 4.68 Å². The van der Waals surface area contributed by atoms with Crippen LogP contribution in [0.2, 0.25) is 0 Å². The summed E-state index contributed by atoms with van der Waals surface area (Å²) >= 11 is 0. The number of nitrogens with zero attached hydrogens (tertiary/aromatic N) is 7. The number of rotatable bonds is 9. The second-order valence-electron chi connectivity index (χ2n) is 9.43. The number of carbonyl (C=O) groups is 2. The molecule has 0 N–H and O–H groups in total. The maximum absolute atomic E-state index is 11.6. The highest BCUT2D eigenvalue weighted by Crippen LogP contribution is 2.40. The zero-order valence-electron chi connectivity index (χ0n) is 19.5. The molecule has 10 nitrogen and oxygen atoms in total. The number of cyclic esters (lactones) is 1. The summed E-state index contributed by atoms with van der Waals surface area (Å²) in [5.41, 5.74) is 2.58. The molecule has 10 heteroatoms. The van der Waals surface area contributed by atoms with Crippen molar-refractivity contribution in [2.75, 3.05) is 20.2 Å². The van der Waals surface area contributed by atoms with E-state index in [2.05, 4.69) is 45.4 Å². The van der Waals surface area contributed by atoms with Gasteiger partial charge in [0.15, 0.2) is 5.82 Å². The highest BCUT2D eigenvalue weighted by Gasteiger charge is 2.34. The molecule has 176 valence electrons. The lowest BCUT2D eigenvalue weighted by Gasteiger charge is -2.41. The second kappa shape index (κ2) is 9.78. The molecule has 1 aliphatic heterocycles. The lowest BCUT2D eigenvalue weighted by atomic mass is 9.71. The Morgan fingerprint density at radius 2 is 2.09 bits per heavy atom. The summed E-state index contributed by atoms with van der Waals surface area (Å²) in [5.74, 6) is 0.371. The summed E-state index contributed by atoms with van der Waals surface area (Å²) in [7, 11) is 2.17. The van der Waals surface area contributed by atoms with Crippen LogP contribution in [0.4, 0.5) is 0 Å². The third-order valence-corrected chi connectivity index (χ3v) is 7.12. The van der Waals surface area contributed by atoms with Gasteiger partial charge < -0.3 is 9.64 Å². The van der Waals surface area contributed by atoms with E-state index in [4.69, 9.17) is 4.74 Å². The van der Waals surface area contributed by atoms with Crippen LogP contribution in [0.1, 0.15) is 51.5 Å². The molecular weight excluding hydrogens is 422 g/mol. The monoisotopic (exact) mass is 453 g/mol. The predicted octanol–water partition coefficient (Wildman–Crippen LogP) is 2.12. The summed E-state index contributed by atoms with van der Waals surface area (Å²) in [6.07, 6.45) is 9.60. The summed E-state index contributed by atoms with van der Waals surface area (Å²) in [5, 5.41) is 11.1. The molecule has 1 fully saturated rings. The molecule has 1 aliphatic carbocycles. The molecule has 0 radical (unpaired) electrons. The average Bonchev–Trinajstić information content (AvgIpc) is 3.47. The van der Waals surface area contributed by atoms with Crippen LogP contribution in [0.25, 0.3) is 5.82 Å². The third kappa shape index (κ3) is 5.27. The van der Waals surface area contributed by atoms with Gasteiger partial charge in [0.05, 0.1) is 11.3 Å². The molecule has 0 bridgehead atoms. The summed E-state index contributed by atoms with van der Waals surface area (Å²) < 4.78 is 6.60. The van der Waals surface area contributed by atoms with E-state index in [9.17, 15) is 9.59 Å². The Morgan fingerprint density at radius 1 is 1.30 bits per heavy atom. The van der Waals surface area contributed by atoms with Crippen molar-refractivity contribution < 1.29 is 14.3 Å². The highest BCUT2D eigenvalue weighted by molar-refractivity contribution is 5.91. The number of amides is 1. The summed E-state index contributed by atoms with van der Waals surface area (Å²) in [6.45, 7) is 5.68. The Balaban J connectivity index is 1.27. The van der Waals surface area contributed by atoms with Crippen LogP contribution in [-0.4, -0.2) is 73.6 Å². The fourth-order valence-corrected chi connectivity index (χ4v) is 4.73. The van der Waals surface area contributed by atoms with E-state index in [-0.39, 0.29) is 18.0 Å². The minimum Gasteiger partial charge on any atom is -0.456 e. The van der Waals surface area contributed by atoms with E-state index in [1.165, 1.54) is 11.0 Å². The van der Waals surface area contributed by atoms with Gasteiger partial charge in [0.2, 0.25) is 6.41 Å². The third-order valence-electron chi connectivity index (χ3n) is 7.12. The van der Waals surface area contributed by atoms with Crippen LogP contribution in [0.3, 0.4) is 0 Å². The van der Waals surface area contributed by atoms with Crippen molar-refractivity contribution in [1.29, 1.82) is 0 Å². The number of aromatic nitrogens is 5. The molecule has 0 aromatic carbocycles. The number of tetrazole rings is 1. The SMILES string of the molecule is CC1=C(N(C=O)CCC2(C)CCC(N(C)Cc3ccc(-n4cnnn4)nc3)CC2)COC1=O. The molecule has 0 saturated heterocycles. The standard InChI is InChI=1S/C23H31N7O3/c1-17-20(14-33-22(17)32)29(16-31)11-10-23(2)8-6-19(7-9-23)28(3)13-18-4-5-21(24-12-18)30-15-25-26-27-30/h4-5,12,15-16,19H,6-11,13-14H2,1-3H3. The Kier molecular flexibility index (Phi) is 6.83. The van der Waals surface area contributed by atoms with Crippen molar-refractivity contribution in [3.05, 3.63) is 41.5 Å². The quantitative estimate of drug-likeness (QED) is 0.420. The van der Waals surface area contributed by atoms with E-state index in [1.54, 1.807) is 11.8 Å². The van der Waals surface area contributed by atoms with Crippen molar-refractivity contribution in [3.8, 4) is 5.82 Å². The van der Waals surface area contributed by atoms with Gasteiger partial charge in [0.25, 0.3) is 0 Å². The fraction of sp³-hybridized carbons (Fsp3) is 0.565. The molecule has 0 spiro atoms. The number of pyridine rings is 1. The maximum Gasteiger partial charge on any atom is 0.336 e. The molecule has 33 heavy (non-hydrogen) atoms. The number of esters is 1. The van der Waals surface area contributed by atoms with Crippen molar-refractivity contribution in [3.63, 3.8) is 0 Å². The number of ether oxygens (including phenoxy) is 1. The smallest absolute Gasteiger partial charge is 0.336 e. The van der Waals surface area contributed by atoms with E-state index in [0.717, 1.165) is 50.6 Å². The molecule has 2 aromatic rings. The zero-order chi connectivity index (χ0) is 23.4. The minimum atomic E-state index is -0.327. The van der Waals surface area contributed by atoms with Gasteiger partial charge in [-0.1, -0.05) is 13.0 Å². The second-order valence-corrected chi connectivity index (χ2v) is 9.43. The molecule has 0 unspecified atom stereocenters. The number of hydrogen-bond donors (Lipinski definition) is 0. The van der Waals surface area contributed by atoms with Crippen LogP contribution < -0.4 is 0 Å². The Morgan fingerprint density at radius 3 is 2.67 bits per heavy atom. The highest BCUT2D eigenvalue weighted by atomic mass is 16.5. The molecule has 4 rings (SSSR count). The van der Waals surface area contributed by atoms with Crippen LogP contribution in [0.5, 0.6) is 0 Å². The molecule has 1 amide bonds. The maximum atomic E-state index is 11.6. The molecule has 2 aliphatic rings. The van der Waals surface area contributed by atoms with Gasteiger partial charge in [-0.05, 0) is 73.5 Å². The zero-order valence-corrected chi connectivity index (χ0v) is 19.5. The first kappa shape index (κ1) is 23.0. The largest absolute Gasteiger partial charge is 0.456 e. The van der Waals surface area contributed by atoms with E-state index in [1.807, 2.05) is 12.3 Å². The summed E-state index contributed by atoms with van der Waals surface area (Å²) in [6, 6.07) is 4.51. The first-order chi connectivity index (χ1) is 15.9. The van der Waals surface area contributed by atoms with Gasteiger partial charge in [0, 0.05) is 25.3 Å². The van der Waals surface area contributed by atoms with Crippen LogP contribution in [-0.2, 0) is 20.9 Å². The van der Waals surface area contributed by atoms with Crippen LogP contribution in [0, 0.1) is 5.41 Å². The lowest BCUT2D eigenvalue weighted by Crippen LogP contribution is -2.39. The molecule has 2 aromatic heterocycles. The molecule has 0 atom stereocenters. The minimum absolute atomic E-state index is 0.186. The first-order valence-corrected chi connectivity index (χ1v) is 11.4. The van der Waals surface area contributed by atoms with Gasteiger partial charge in [-0.25, -0.2) is 9.78 Å². The molecule has 3 heterocycles. The summed E-state index contributed by atoms with van der Waals surface area (Å²) in [4.78, 5) is 31.8. The van der Waals surface area contributed by atoms with Crippen LogP contribution >= 0.6 is 0 Å². The predicted molar refractivity (Wildman–Crippen MR) is 120 cm³/mol. The first-order valence-electron chi connectivity index (χ1n) is 11.4. The fourth-order valence-electron chi connectivity index (χ4n) is 4.73. The van der Waals surface area contributed by atoms with Crippen molar-refractivity contribution in [1.82, 2.24) is 35.0 Å². The lowest BCUT2D eigenvalue weighted by molar-refractivity contribution is -0.136. The van der Waals surface area contributed by atoms with E-state index < -0.39 is 0 Å². The molecular formula is C23H31N7O3. The number of hydrogen-bond acceptors (Lipinski definition) is 8. The van der Waals surface area contributed by atoms with Crippen molar-refractivity contribution in [2.45, 2.75) is 58.5 Å². The van der Waals surface area contributed by atoms with Crippen molar-refractivity contribution >= 4 is 12.4 Å². The van der Waals surface area contributed by atoms with Gasteiger partial charge in [-0.3, -0.25) is 9.69 Å². The van der Waals surface area contributed by atoms with Gasteiger partial charge in [-0.15, -0.1) is 5.10 Å².